The third kappa shape index (κ3) is 1.72. The molecule has 3 rings (SSSR count). The summed E-state index contributed by atoms with van der Waals surface area (Å²) in [6.45, 7) is 0. The molecule has 0 spiro atoms. The van der Waals surface area contributed by atoms with Crippen LogP contribution < -0.4 is 5.73 Å². The van der Waals surface area contributed by atoms with Gasteiger partial charge < -0.3 is 5.73 Å². The highest BCUT2D eigenvalue weighted by atomic mass is 35.5. The highest BCUT2D eigenvalue weighted by Crippen LogP contribution is 2.19. The van der Waals surface area contributed by atoms with E-state index in [2.05, 4.69) is 10.1 Å². The lowest BCUT2D eigenvalue weighted by molar-refractivity contribution is 0.978. The Bertz CT molecular complexity index is 673. The molecule has 0 saturated heterocycles. The molecular weight excluding hydrogens is 236 g/mol. The Morgan fingerprint density at radius 2 is 1.82 bits per heavy atom. The minimum Gasteiger partial charge on any atom is -0.384 e. The van der Waals surface area contributed by atoms with Crippen molar-refractivity contribution in [1.82, 2.24) is 14.6 Å². The fourth-order valence-corrected chi connectivity index (χ4v) is 1.77. The molecule has 0 atom stereocenters. The van der Waals surface area contributed by atoms with Crippen molar-refractivity contribution in [2.75, 3.05) is 5.73 Å². The lowest BCUT2D eigenvalue weighted by Crippen LogP contribution is -1.97. The normalized spacial score (nSPS) is 10.9. The van der Waals surface area contributed by atoms with E-state index in [-0.39, 0.29) is 0 Å². The molecule has 0 unspecified atom stereocenters. The Morgan fingerprint density at radius 3 is 2.53 bits per heavy atom. The molecule has 0 bridgehead atoms. The lowest BCUT2D eigenvalue weighted by Gasteiger charge is -1.95. The topological polar surface area (TPSA) is 56.2 Å². The molecule has 2 aromatic heterocycles. The molecule has 0 aliphatic carbocycles. The first kappa shape index (κ1) is 10.1. The van der Waals surface area contributed by atoms with Crippen LogP contribution in [0, 0.1) is 0 Å². The van der Waals surface area contributed by atoms with E-state index in [4.69, 9.17) is 17.3 Å². The molecule has 84 valence electrons. The highest BCUT2D eigenvalue weighted by molar-refractivity contribution is 6.30. The van der Waals surface area contributed by atoms with Gasteiger partial charge in [0.05, 0.1) is 0 Å². The number of fused-ring (bicyclic) bond motifs is 1. The summed E-state index contributed by atoms with van der Waals surface area (Å²) in [6, 6.07) is 12.9. The molecular formula is C12H9ClN4. The molecule has 2 heterocycles. The van der Waals surface area contributed by atoms with Crippen LogP contribution in [0.1, 0.15) is 0 Å². The average Bonchev–Trinajstić information content (AvgIpc) is 2.75. The van der Waals surface area contributed by atoms with Gasteiger partial charge in [0.15, 0.2) is 11.5 Å². The van der Waals surface area contributed by atoms with Gasteiger partial charge in [-0.2, -0.15) is 4.52 Å². The molecule has 0 radical (unpaired) electrons. The fourth-order valence-electron chi connectivity index (χ4n) is 1.65. The molecule has 5 heteroatoms. The number of rotatable bonds is 1. The number of benzene rings is 1. The van der Waals surface area contributed by atoms with Gasteiger partial charge in [-0.25, -0.2) is 4.98 Å². The Kier molecular flexibility index (Phi) is 2.23. The number of nitrogens with zero attached hydrogens (tertiary/aromatic N) is 3. The van der Waals surface area contributed by atoms with Gasteiger partial charge in [0.25, 0.3) is 0 Å². The minimum absolute atomic E-state index is 0.565. The molecule has 0 saturated carbocycles. The van der Waals surface area contributed by atoms with E-state index < -0.39 is 0 Å². The second kappa shape index (κ2) is 3.75. The van der Waals surface area contributed by atoms with Gasteiger partial charge >= 0.3 is 0 Å². The molecule has 0 aliphatic heterocycles. The van der Waals surface area contributed by atoms with Gasteiger partial charge in [-0.3, -0.25) is 0 Å². The van der Waals surface area contributed by atoms with Crippen LogP contribution in [0.25, 0.3) is 17.0 Å². The summed E-state index contributed by atoms with van der Waals surface area (Å²) in [7, 11) is 0. The summed E-state index contributed by atoms with van der Waals surface area (Å²) in [6.07, 6.45) is 0. The van der Waals surface area contributed by atoms with Gasteiger partial charge in [0.1, 0.15) is 5.82 Å². The van der Waals surface area contributed by atoms with E-state index in [0.29, 0.717) is 16.7 Å². The zero-order valence-electron chi connectivity index (χ0n) is 8.84. The second-order valence-electron chi connectivity index (χ2n) is 3.66. The molecule has 4 nitrogen and oxygen atoms in total. The van der Waals surface area contributed by atoms with Gasteiger partial charge in [-0.05, 0) is 36.4 Å². The van der Waals surface area contributed by atoms with Crippen molar-refractivity contribution in [1.29, 1.82) is 0 Å². The van der Waals surface area contributed by atoms with Crippen LogP contribution in [0.4, 0.5) is 5.82 Å². The number of hydrogen-bond acceptors (Lipinski definition) is 3. The molecule has 0 aliphatic rings. The number of nitrogens with two attached hydrogens (primary N) is 1. The zero-order valence-corrected chi connectivity index (χ0v) is 9.59. The standard InChI is InChI=1S/C12H9ClN4/c13-9-6-4-8(5-7-9)12-15-11-3-1-2-10(14)17(11)16-12/h1-7H,14H2. The van der Waals surface area contributed by atoms with E-state index in [0.717, 1.165) is 11.2 Å². The monoisotopic (exact) mass is 244 g/mol. The zero-order chi connectivity index (χ0) is 11.8. The number of pyridine rings is 1. The third-order valence-electron chi connectivity index (χ3n) is 2.49. The van der Waals surface area contributed by atoms with Gasteiger partial charge in [0, 0.05) is 10.6 Å². The van der Waals surface area contributed by atoms with Crippen LogP contribution in [0.5, 0.6) is 0 Å². The van der Waals surface area contributed by atoms with E-state index in [1.165, 1.54) is 0 Å². The summed E-state index contributed by atoms with van der Waals surface area (Å²) in [4.78, 5) is 4.40. The SMILES string of the molecule is Nc1cccc2nc(-c3ccc(Cl)cc3)nn12. The number of hydrogen-bond donors (Lipinski definition) is 1. The number of anilines is 1. The van der Waals surface area contributed by atoms with Gasteiger partial charge in [-0.15, -0.1) is 5.10 Å². The smallest absolute Gasteiger partial charge is 0.182 e. The summed E-state index contributed by atoms with van der Waals surface area (Å²) < 4.78 is 1.62. The van der Waals surface area contributed by atoms with Crippen molar-refractivity contribution < 1.29 is 0 Å². The number of nitrogen functional groups attached to an aromatic ring is 1. The Morgan fingerprint density at radius 1 is 1.06 bits per heavy atom. The van der Waals surface area contributed by atoms with Crippen molar-refractivity contribution in [2.45, 2.75) is 0 Å². The number of halogens is 1. The fraction of sp³-hybridized carbons (Fsp3) is 0. The number of aromatic nitrogens is 3. The van der Waals surface area contributed by atoms with Crippen molar-refractivity contribution in [2.24, 2.45) is 0 Å². The lowest BCUT2D eigenvalue weighted by atomic mass is 10.2. The predicted molar refractivity (Wildman–Crippen MR) is 67.8 cm³/mol. The Hall–Kier alpha value is -2.07. The maximum Gasteiger partial charge on any atom is 0.182 e. The summed E-state index contributed by atoms with van der Waals surface area (Å²) in [5.41, 5.74) is 7.46. The minimum atomic E-state index is 0.565. The van der Waals surface area contributed by atoms with Crippen molar-refractivity contribution in [3.63, 3.8) is 0 Å². The molecule has 3 aromatic rings. The average molecular weight is 245 g/mol. The Labute approximate surface area is 103 Å². The van der Waals surface area contributed by atoms with Crippen LogP contribution in [-0.4, -0.2) is 14.6 Å². The van der Waals surface area contributed by atoms with Crippen molar-refractivity contribution in [3.05, 3.63) is 47.5 Å². The molecule has 1 aromatic carbocycles. The van der Waals surface area contributed by atoms with Crippen molar-refractivity contribution >= 4 is 23.1 Å². The Balaban J connectivity index is 2.18. The van der Waals surface area contributed by atoms with Crippen LogP contribution in [0.15, 0.2) is 42.5 Å². The first-order valence-electron chi connectivity index (χ1n) is 5.11. The quantitative estimate of drug-likeness (QED) is 0.716. The van der Waals surface area contributed by atoms with E-state index >= 15 is 0 Å². The van der Waals surface area contributed by atoms with E-state index in [1.54, 1.807) is 10.6 Å². The van der Waals surface area contributed by atoms with Crippen LogP contribution in [-0.2, 0) is 0 Å². The van der Waals surface area contributed by atoms with Crippen LogP contribution in [0.2, 0.25) is 5.02 Å². The first-order valence-corrected chi connectivity index (χ1v) is 5.49. The maximum absolute atomic E-state index is 5.84. The summed E-state index contributed by atoms with van der Waals surface area (Å²) in [5.74, 6) is 1.20. The largest absolute Gasteiger partial charge is 0.384 e. The van der Waals surface area contributed by atoms with Crippen LogP contribution in [0.3, 0.4) is 0 Å². The second-order valence-corrected chi connectivity index (χ2v) is 4.10. The molecule has 17 heavy (non-hydrogen) atoms. The molecule has 2 N–H and O–H groups in total. The molecule has 0 amide bonds. The summed E-state index contributed by atoms with van der Waals surface area (Å²) in [5, 5.41) is 5.04. The van der Waals surface area contributed by atoms with E-state index in [1.807, 2.05) is 36.4 Å². The third-order valence-corrected chi connectivity index (χ3v) is 2.74. The molecule has 0 fully saturated rings. The maximum atomic E-state index is 5.84. The van der Waals surface area contributed by atoms with Crippen molar-refractivity contribution in [3.8, 4) is 11.4 Å². The van der Waals surface area contributed by atoms with Gasteiger partial charge in [-0.1, -0.05) is 17.7 Å². The first-order chi connectivity index (χ1) is 8.24. The summed E-state index contributed by atoms with van der Waals surface area (Å²) >= 11 is 5.84. The predicted octanol–water partition coefficient (Wildman–Crippen LogP) is 2.63. The highest BCUT2D eigenvalue weighted by Gasteiger charge is 2.07. The van der Waals surface area contributed by atoms with Crippen LogP contribution >= 0.6 is 11.6 Å². The van der Waals surface area contributed by atoms with E-state index in [9.17, 15) is 0 Å². The van der Waals surface area contributed by atoms with Gasteiger partial charge in [0.2, 0.25) is 0 Å².